The first-order valence-corrected chi connectivity index (χ1v) is 12.4. The predicted molar refractivity (Wildman–Crippen MR) is 125 cm³/mol. The Kier molecular flexibility index (Phi) is 6.72. The van der Waals surface area contributed by atoms with Crippen LogP contribution in [-0.2, 0) is 27.8 Å². The first-order chi connectivity index (χ1) is 16.2. The SMILES string of the molecule is Cc1cc(COc2ccc(S(=O)(=O)N[C@H](Cc3n[nH]c(=O)s3)C(=O)O)cc2)c2ccccc2n1. The molecule has 176 valence electrons. The minimum atomic E-state index is -4.14. The number of para-hydroxylation sites is 1. The van der Waals surface area contributed by atoms with E-state index in [1.165, 1.54) is 24.3 Å². The highest BCUT2D eigenvalue weighted by Gasteiger charge is 2.27. The van der Waals surface area contributed by atoms with Gasteiger partial charge in [-0.05, 0) is 43.3 Å². The van der Waals surface area contributed by atoms with E-state index in [1.807, 2.05) is 37.3 Å². The number of fused-ring (bicyclic) bond motifs is 1. The van der Waals surface area contributed by atoms with Crippen molar-refractivity contribution in [2.24, 2.45) is 0 Å². The number of pyridine rings is 1. The molecule has 0 aliphatic carbocycles. The van der Waals surface area contributed by atoms with Crippen LogP contribution in [0.3, 0.4) is 0 Å². The molecule has 2 heterocycles. The molecule has 2 aromatic carbocycles. The summed E-state index contributed by atoms with van der Waals surface area (Å²) in [7, 11) is -4.14. The molecule has 0 amide bonds. The molecule has 34 heavy (non-hydrogen) atoms. The number of carboxylic acids is 1. The van der Waals surface area contributed by atoms with Crippen molar-refractivity contribution in [2.45, 2.75) is 30.9 Å². The lowest BCUT2D eigenvalue weighted by Gasteiger charge is -2.14. The van der Waals surface area contributed by atoms with Gasteiger partial charge in [0.2, 0.25) is 10.0 Å². The molecule has 4 rings (SSSR count). The van der Waals surface area contributed by atoms with Crippen molar-refractivity contribution in [3.63, 3.8) is 0 Å². The molecular weight excluding hydrogens is 480 g/mol. The van der Waals surface area contributed by atoms with E-state index in [9.17, 15) is 23.1 Å². The smallest absolute Gasteiger partial charge is 0.322 e. The van der Waals surface area contributed by atoms with E-state index in [4.69, 9.17) is 4.74 Å². The van der Waals surface area contributed by atoms with Gasteiger partial charge < -0.3 is 9.84 Å². The summed E-state index contributed by atoms with van der Waals surface area (Å²) in [6, 6.07) is 13.8. The molecule has 0 fully saturated rings. The average molecular weight is 501 g/mol. The highest BCUT2D eigenvalue weighted by atomic mass is 32.2. The van der Waals surface area contributed by atoms with Crippen molar-refractivity contribution < 1.29 is 23.1 Å². The van der Waals surface area contributed by atoms with Gasteiger partial charge in [-0.15, -0.1) is 0 Å². The van der Waals surface area contributed by atoms with Gasteiger partial charge in [0.25, 0.3) is 0 Å². The summed E-state index contributed by atoms with van der Waals surface area (Å²) in [6.45, 7) is 2.17. The Balaban J connectivity index is 1.46. The maximum absolute atomic E-state index is 12.7. The van der Waals surface area contributed by atoms with Gasteiger partial charge in [0.15, 0.2) is 0 Å². The van der Waals surface area contributed by atoms with Crippen LogP contribution in [0.25, 0.3) is 10.9 Å². The first-order valence-electron chi connectivity index (χ1n) is 10.1. The largest absolute Gasteiger partial charge is 0.489 e. The van der Waals surface area contributed by atoms with Crippen molar-refractivity contribution in [1.29, 1.82) is 0 Å². The number of aryl methyl sites for hydroxylation is 1. The minimum Gasteiger partial charge on any atom is -0.489 e. The van der Waals surface area contributed by atoms with E-state index in [1.54, 1.807) is 0 Å². The van der Waals surface area contributed by atoms with Crippen molar-refractivity contribution in [1.82, 2.24) is 19.9 Å². The van der Waals surface area contributed by atoms with Crippen LogP contribution in [0.2, 0.25) is 0 Å². The Hall–Kier alpha value is -3.61. The Labute approximate surface area is 198 Å². The lowest BCUT2D eigenvalue weighted by Crippen LogP contribution is -2.42. The summed E-state index contributed by atoms with van der Waals surface area (Å²) in [4.78, 5) is 26.7. The van der Waals surface area contributed by atoms with Crippen LogP contribution in [-0.4, -0.2) is 40.7 Å². The average Bonchev–Trinajstić information content (AvgIpc) is 3.21. The van der Waals surface area contributed by atoms with Crippen LogP contribution in [0.5, 0.6) is 5.75 Å². The number of hydrogen-bond donors (Lipinski definition) is 3. The number of sulfonamides is 1. The van der Waals surface area contributed by atoms with E-state index in [0.29, 0.717) is 5.75 Å². The molecule has 0 bridgehead atoms. The summed E-state index contributed by atoms with van der Waals surface area (Å²) < 4.78 is 33.4. The molecule has 0 spiro atoms. The van der Waals surface area contributed by atoms with Crippen LogP contribution in [0.15, 0.2) is 64.3 Å². The van der Waals surface area contributed by atoms with Crippen LogP contribution in [0.4, 0.5) is 0 Å². The predicted octanol–water partition coefficient (Wildman–Crippen LogP) is 2.24. The zero-order valence-electron chi connectivity index (χ0n) is 17.9. The fraction of sp³-hybridized carbons (Fsp3) is 0.182. The highest BCUT2D eigenvalue weighted by molar-refractivity contribution is 7.89. The third kappa shape index (κ3) is 5.47. The Morgan fingerprint density at radius 2 is 1.94 bits per heavy atom. The van der Waals surface area contributed by atoms with E-state index in [0.717, 1.165) is 33.5 Å². The fourth-order valence-electron chi connectivity index (χ4n) is 3.35. The van der Waals surface area contributed by atoms with Gasteiger partial charge in [0.05, 0.1) is 10.4 Å². The van der Waals surface area contributed by atoms with Crippen molar-refractivity contribution in [3.8, 4) is 5.75 Å². The number of ether oxygens (including phenoxy) is 1. The summed E-state index contributed by atoms with van der Waals surface area (Å²) >= 11 is 0.721. The fourth-order valence-corrected chi connectivity index (χ4v) is 5.18. The summed E-state index contributed by atoms with van der Waals surface area (Å²) in [6.07, 6.45) is -0.265. The summed E-state index contributed by atoms with van der Waals surface area (Å²) in [5.74, 6) is -0.931. The van der Waals surface area contributed by atoms with Crippen molar-refractivity contribution in [3.05, 3.63) is 80.5 Å². The molecule has 0 aliphatic rings. The number of aromatic nitrogens is 3. The number of benzene rings is 2. The number of aromatic amines is 1. The summed E-state index contributed by atoms with van der Waals surface area (Å²) in [5, 5.41) is 16.4. The monoisotopic (exact) mass is 500 g/mol. The van der Waals surface area contributed by atoms with Crippen LogP contribution in [0.1, 0.15) is 16.3 Å². The number of carbonyl (C=O) groups is 1. The standard InChI is InChI=1S/C22H20N4O6S2/c1-13-10-14(17-4-2-3-5-18(17)23-13)12-32-15-6-8-16(9-7-15)34(30,31)26-19(21(27)28)11-20-24-25-22(29)33-20/h2-10,19,26H,11-12H2,1H3,(H,25,29)(H,27,28)/t19-/m1/s1. The molecule has 0 saturated heterocycles. The van der Waals surface area contributed by atoms with Crippen molar-refractivity contribution in [2.75, 3.05) is 0 Å². The number of rotatable bonds is 9. The van der Waals surface area contributed by atoms with Gasteiger partial charge in [-0.1, -0.05) is 29.5 Å². The molecule has 3 N–H and O–H groups in total. The lowest BCUT2D eigenvalue weighted by atomic mass is 10.1. The second kappa shape index (κ2) is 9.71. The number of nitrogens with zero attached hydrogens (tertiary/aromatic N) is 2. The highest BCUT2D eigenvalue weighted by Crippen LogP contribution is 2.22. The summed E-state index contributed by atoms with van der Waals surface area (Å²) in [5.41, 5.74) is 2.68. The quantitative estimate of drug-likeness (QED) is 0.316. The molecule has 4 aromatic rings. The van der Waals surface area contributed by atoms with Crippen LogP contribution < -0.4 is 14.3 Å². The maximum atomic E-state index is 12.7. The number of H-pyrrole nitrogens is 1. The maximum Gasteiger partial charge on any atom is 0.322 e. The van der Waals surface area contributed by atoms with E-state index < -0.39 is 26.9 Å². The number of carboxylic acid groups (broad SMARTS) is 1. The molecule has 0 aliphatic heterocycles. The topological polar surface area (TPSA) is 151 Å². The molecule has 10 nitrogen and oxygen atoms in total. The third-order valence-corrected chi connectivity index (χ3v) is 7.17. The van der Waals surface area contributed by atoms with Gasteiger partial charge in [-0.25, -0.2) is 13.5 Å². The zero-order valence-corrected chi connectivity index (χ0v) is 19.5. The first kappa shape index (κ1) is 23.5. The number of hydrogen-bond acceptors (Lipinski definition) is 8. The second-order valence-electron chi connectivity index (χ2n) is 7.42. The zero-order chi connectivity index (χ0) is 24.3. The van der Waals surface area contributed by atoms with Gasteiger partial charge >= 0.3 is 10.8 Å². The molecule has 2 aromatic heterocycles. The van der Waals surface area contributed by atoms with Gasteiger partial charge in [0.1, 0.15) is 23.4 Å². The van der Waals surface area contributed by atoms with Gasteiger partial charge in [0, 0.05) is 23.1 Å². The van der Waals surface area contributed by atoms with E-state index in [-0.39, 0.29) is 22.9 Å². The van der Waals surface area contributed by atoms with Crippen LogP contribution in [0, 0.1) is 6.92 Å². The van der Waals surface area contributed by atoms with Gasteiger partial charge in [-0.3, -0.25) is 14.6 Å². The molecule has 0 saturated carbocycles. The second-order valence-corrected chi connectivity index (χ2v) is 10.2. The van der Waals surface area contributed by atoms with Crippen LogP contribution >= 0.6 is 11.3 Å². The minimum absolute atomic E-state index is 0.119. The molecular formula is C22H20N4O6S2. The van der Waals surface area contributed by atoms with Crippen molar-refractivity contribution >= 4 is 38.2 Å². The third-order valence-electron chi connectivity index (χ3n) is 4.91. The van der Waals surface area contributed by atoms with E-state index >= 15 is 0 Å². The molecule has 1 atom stereocenters. The molecule has 0 unspecified atom stereocenters. The van der Waals surface area contributed by atoms with Gasteiger partial charge in [-0.2, -0.15) is 9.82 Å². The normalized spacial score (nSPS) is 12.5. The van der Waals surface area contributed by atoms with E-state index in [2.05, 4.69) is 19.9 Å². The number of aliphatic carboxylic acids is 1. The number of nitrogens with one attached hydrogen (secondary N) is 2. The Morgan fingerprint density at radius 1 is 1.21 bits per heavy atom. The Morgan fingerprint density at radius 3 is 2.62 bits per heavy atom. The lowest BCUT2D eigenvalue weighted by molar-refractivity contribution is -0.138. The molecule has 12 heteroatoms. The molecule has 0 radical (unpaired) electrons. The Bertz CT molecular complexity index is 1500.